The van der Waals surface area contributed by atoms with Crippen LogP contribution < -0.4 is 0 Å². The van der Waals surface area contributed by atoms with Crippen molar-refractivity contribution >= 4 is 5.97 Å². The molecule has 3 heteroatoms. The molecular weight excluding hydrogens is 226 g/mol. The van der Waals surface area contributed by atoms with E-state index in [1.54, 1.807) is 12.4 Å². The first kappa shape index (κ1) is 12.3. The quantitative estimate of drug-likeness (QED) is 0.758. The molecule has 0 atom stereocenters. The highest BCUT2D eigenvalue weighted by Gasteiger charge is 2.13. The van der Waals surface area contributed by atoms with E-state index in [9.17, 15) is 4.79 Å². The van der Waals surface area contributed by atoms with E-state index in [1.165, 1.54) is 7.11 Å². The first-order chi connectivity index (χ1) is 8.63. The van der Waals surface area contributed by atoms with Gasteiger partial charge in [-0.3, -0.25) is 4.98 Å². The van der Waals surface area contributed by atoms with Gasteiger partial charge in [0.1, 0.15) is 0 Å². The summed E-state index contributed by atoms with van der Waals surface area (Å²) in [6.45, 7) is 3.84. The number of nitrogens with zero attached hydrogens (tertiary/aromatic N) is 1. The molecule has 2 aromatic rings. The minimum Gasteiger partial charge on any atom is -0.465 e. The average molecular weight is 241 g/mol. The van der Waals surface area contributed by atoms with E-state index in [1.807, 2.05) is 38.1 Å². The van der Waals surface area contributed by atoms with Crippen LogP contribution in [0.2, 0.25) is 0 Å². The van der Waals surface area contributed by atoms with Gasteiger partial charge in [-0.25, -0.2) is 4.79 Å². The molecule has 0 N–H and O–H groups in total. The van der Waals surface area contributed by atoms with Gasteiger partial charge < -0.3 is 4.74 Å². The van der Waals surface area contributed by atoms with Crippen molar-refractivity contribution in [2.24, 2.45) is 0 Å². The molecular formula is C15H15NO2. The second-order valence-corrected chi connectivity index (χ2v) is 4.21. The van der Waals surface area contributed by atoms with Crippen LogP contribution in [0.3, 0.4) is 0 Å². The Bertz CT molecular complexity index is 553. The fourth-order valence-electron chi connectivity index (χ4n) is 2.10. The summed E-state index contributed by atoms with van der Waals surface area (Å²) in [5, 5.41) is 0. The number of methoxy groups -OCH3 is 1. The van der Waals surface area contributed by atoms with Crippen LogP contribution in [0.25, 0.3) is 11.1 Å². The number of hydrogen-bond donors (Lipinski definition) is 0. The lowest BCUT2D eigenvalue weighted by Gasteiger charge is -2.11. The van der Waals surface area contributed by atoms with E-state index in [2.05, 4.69) is 4.98 Å². The lowest BCUT2D eigenvalue weighted by Crippen LogP contribution is -2.06. The van der Waals surface area contributed by atoms with Crippen LogP contribution in [0, 0.1) is 13.8 Å². The van der Waals surface area contributed by atoms with Gasteiger partial charge in [0.25, 0.3) is 0 Å². The standard InChI is InChI=1S/C15H15NO2/c1-10-8-13(12-4-6-16-7-5-12)9-11(2)14(10)15(17)18-3/h4-9H,1-3H3. The van der Waals surface area contributed by atoms with Crippen LogP contribution in [-0.2, 0) is 4.74 Å². The van der Waals surface area contributed by atoms with Gasteiger partial charge in [0, 0.05) is 12.4 Å². The number of rotatable bonds is 2. The predicted molar refractivity (Wildman–Crippen MR) is 70.5 cm³/mol. The number of ether oxygens (including phenoxy) is 1. The molecule has 0 saturated carbocycles. The summed E-state index contributed by atoms with van der Waals surface area (Å²) in [4.78, 5) is 15.7. The van der Waals surface area contributed by atoms with Gasteiger partial charge in [-0.15, -0.1) is 0 Å². The van der Waals surface area contributed by atoms with Gasteiger partial charge in [-0.05, 0) is 48.2 Å². The van der Waals surface area contributed by atoms with E-state index in [0.717, 1.165) is 22.3 Å². The molecule has 0 spiro atoms. The molecule has 0 aliphatic rings. The van der Waals surface area contributed by atoms with Crippen molar-refractivity contribution < 1.29 is 9.53 Å². The third kappa shape index (κ3) is 2.25. The summed E-state index contributed by atoms with van der Waals surface area (Å²) < 4.78 is 4.79. The third-order valence-electron chi connectivity index (χ3n) is 2.94. The zero-order valence-corrected chi connectivity index (χ0v) is 10.7. The zero-order valence-electron chi connectivity index (χ0n) is 10.7. The number of benzene rings is 1. The highest BCUT2D eigenvalue weighted by atomic mass is 16.5. The van der Waals surface area contributed by atoms with Crippen molar-refractivity contribution in [1.82, 2.24) is 4.98 Å². The number of carbonyl (C=O) groups excluding carboxylic acids is 1. The smallest absolute Gasteiger partial charge is 0.338 e. The monoisotopic (exact) mass is 241 g/mol. The Morgan fingerprint density at radius 2 is 1.61 bits per heavy atom. The first-order valence-corrected chi connectivity index (χ1v) is 5.73. The molecule has 1 aromatic carbocycles. The summed E-state index contributed by atoms with van der Waals surface area (Å²) in [5.41, 5.74) is 4.67. The summed E-state index contributed by atoms with van der Waals surface area (Å²) in [7, 11) is 1.40. The van der Waals surface area contributed by atoms with Crippen LogP contribution in [0.1, 0.15) is 21.5 Å². The molecule has 1 heterocycles. The van der Waals surface area contributed by atoms with Crippen molar-refractivity contribution in [3.63, 3.8) is 0 Å². The van der Waals surface area contributed by atoms with Gasteiger partial charge >= 0.3 is 5.97 Å². The van der Waals surface area contributed by atoms with Gasteiger partial charge in [0.05, 0.1) is 12.7 Å². The summed E-state index contributed by atoms with van der Waals surface area (Å²) in [6, 6.07) is 7.89. The lowest BCUT2D eigenvalue weighted by molar-refractivity contribution is 0.0599. The molecule has 92 valence electrons. The maximum Gasteiger partial charge on any atom is 0.338 e. The van der Waals surface area contributed by atoms with Crippen molar-refractivity contribution in [2.45, 2.75) is 13.8 Å². The maximum atomic E-state index is 11.7. The lowest BCUT2D eigenvalue weighted by atomic mass is 9.96. The molecule has 0 aliphatic carbocycles. The first-order valence-electron chi connectivity index (χ1n) is 5.73. The van der Waals surface area contributed by atoms with E-state index in [0.29, 0.717) is 5.56 Å². The van der Waals surface area contributed by atoms with Gasteiger partial charge in [-0.2, -0.15) is 0 Å². The summed E-state index contributed by atoms with van der Waals surface area (Å²) in [5.74, 6) is -0.286. The number of pyridine rings is 1. The Kier molecular flexibility index (Phi) is 3.42. The predicted octanol–water partition coefficient (Wildman–Crippen LogP) is 3.15. The van der Waals surface area contributed by atoms with Crippen molar-refractivity contribution in [3.8, 4) is 11.1 Å². The van der Waals surface area contributed by atoms with Crippen molar-refractivity contribution in [3.05, 3.63) is 53.3 Å². The van der Waals surface area contributed by atoms with Gasteiger partial charge in [0.2, 0.25) is 0 Å². The number of aryl methyl sites for hydroxylation is 2. The number of hydrogen-bond acceptors (Lipinski definition) is 3. The number of aromatic nitrogens is 1. The second-order valence-electron chi connectivity index (χ2n) is 4.21. The minimum absolute atomic E-state index is 0.286. The SMILES string of the molecule is COC(=O)c1c(C)cc(-c2ccncc2)cc1C. The van der Waals surface area contributed by atoms with Gasteiger partial charge in [-0.1, -0.05) is 12.1 Å². The molecule has 0 saturated heterocycles. The fraction of sp³-hybridized carbons (Fsp3) is 0.200. The van der Waals surface area contributed by atoms with E-state index in [4.69, 9.17) is 4.74 Å². The highest BCUT2D eigenvalue weighted by molar-refractivity contribution is 5.93. The van der Waals surface area contributed by atoms with Crippen LogP contribution >= 0.6 is 0 Å². The average Bonchev–Trinajstić information content (AvgIpc) is 2.38. The molecule has 1 aromatic heterocycles. The van der Waals surface area contributed by atoms with Crippen molar-refractivity contribution in [1.29, 1.82) is 0 Å². The van der Waals surface area contributed by atoms with Crippen LogP contribution in [-0.4, -0.2) is 18.1 Å². The highest BCUT2D eigenvalue weighted by Crippen LogP contribution is 2.25. The summed E-state index contributed by atoms with van der Waals surface area (Å²) in [6.07, 6.45) is 3.52. The normalized spacial score (nSPS) is 10.2. The molecule has 18 heavy (non-hydrogen) atoms. The molecule has 0 bridgehead atoms. The number of carbonyl (C=O) groups is 1. The Labute approximate surface area is 106 Å². The Balaban J connectivity index is 2.53. The molecule has 2 rings (SSSR count). The Hall–Kier alpha value is -2.16. The molecule has 0 amide bonds. The van der Waals surface area contributed by atoms with Crippen LogP contribution in [0.4, 0.5) is 0 Å². The van der Waals surface area contributed by atoms with E-state index in [-0.39, 0.29) is 5.97 Å². The minimum atomic E-state index is -0.286. The van der Waals surface area contributed by atoms with E-state index < -0.39 is 0 Å². The molecule has 0 fully saturated rings. The third-order valence-corrected chi connectivity index (χ3v) is 2.94. The topological polar surface area (TPSA) is 39.2 Å². The van der Waals surface area contributed by atoms with Gasteiger partial charge in [0.15, 0.2) is 0 Å². The maximum absolute atomic E-state index is 11.7. The molecule has 0 unspecified atom stereocenters. The van der Waals surface area contributed by atoms with Crippen LogP contribution in [0.5, 0.6) is 0 Å². The number of esters is 1. The fourth-order valence-corrected chi connectivity index (χ4v) is 2.10. The summed E-state index contributed by atoms with van der Waals surface area (Å²) >= 11 is 0. The molecule has 0 aliphatic heterocycles. The Morgan fingerprint density at radius 1 is 1.06 bits per heavy atom. The van der Waals surface area contributed by atoms with Crippen LogP contribution in [0.15, 0.2) is 36.7 Å². The molecule has 3 nitrogen and oxygen atoms in total. The molecule has 0 radical (unpaired) electrons. The second kappa shape index (κ2) is 5.00. The Morgan fingerprint density at radius 3 is 2.11 bits per heavy atom. The zero-order chi connectivity index (χ0) is 13.1. The van der Waals surface area contributed by atoms with Crippen molar-refractivity contribution in [2.75, 3.05) is 7.11 Å². The largest absolute Gasteiger partial charge is 0.465 e. The van der Waals surface area contributed by atoms with E-state index >= 15 is 0 Å².